The maximum atomic E-state index is 6.40. The van der Waals surface area contributed by atoms with Gasteiger partial charge in [-0.3, -0.25) is 9.13 Å². The van der Waals surface area contributed by atoms with E-state index in [1.165, 1.54) is 10.4 Å². The van der Waals surface area contributed by atoms with Crippen molar-refractivity contribution in [2.45, 2.75) is 0 Å². The van der Waals surface area contributed by atoms with Crippen molar-refractivity contribution in [1.29, 1.82) is 0 Å². The predicted octanol–water partition coefficient (Wildman–Crippen LogP) is 9.34. The molecule has 6 nitrogen and oxygen atoms in total. The van der Waals surface area contributed by atoms with Crippen LogP contribution in [0.3, 0.4) is 0 Å². The van der Waals surface area contributed by atoms with Gasteiger partial charge in [0.15, 0.2) is 0 Å². The maximum Gasteiger partial charge on any atom is 0.239 e. The summed E-state index contributed by atoms with van der Waals surface area (Å²) in [5, 5.41) is 10.2. The minimum atomic E-state index is -3.37. The predicted molar refractivity (Wildman–Crippen MR) is 239 cm³/mol. The Morgan fingerprint density at radius 3 is 1.21 bits per heavy atom. The van der Waals surface area contributed by atoms with Crippen LogP contribution >= 0.6 is 0 Å². The van der Waals surface area contributed by atoms with Gasteiger partial charge in [0.1, 0.15) is 16.6 Å². The highest BCUT2D eigenvalue weighted by Crippen LogP contribution is 2.34. The van der Waals surface area contributed by atoms with Crippen molar-refractivity contribution in [3.8, 4) is 11.9 Å². The van der Waals surface area contributed by atoms with Gasteiger partial charge < -0.3 is 4.42 Å². The van der Waals surface area contributed by atoms with E-state index in [9.17, 15) is 0 Å². The van der Waals surface area contributed by atoms with Gasteiger partial charge >= 0.3 is 0 Å². The van der Waals surface area contributed by atoms with E-state index < -0.39 is 8.07 Å². The van der Waals surface area contributed by atoms with Crippen LogP contribution in [0.15, 0.2) is 205 Å². The average Bonchev–Trinajstić information content (AvgIpc) is 3.95. The molecule has 58 heavy (non-hydrogen) atoms. The summed E-state index contributed by atoms with van der Waals surface area (Å²) in [7, 11) is -3.37. The number of fused-ring (bicyclic) bond motifs is 9. The molecule has 0 spiro atoms. The normalized spacial score (nSPS) is 12.1. The summed E-state index contributed by atoms with van der Waals surface area (Å²) in [4.78, 5) is 17.0. The van der Waals surface area contributed by atoms with Gasteiger partial charge in [0.25, 0.3) is 0 Å². The Balaban J connectivity index is 1.28. The Labute approximate surface area is 333 Å². The third-order valence-electron chi connectivity index (χ3n) is 11.7. The highest BCUT2D eigenvalue weighted by Gasteiger charge is 2.46. The Kier molecular flexibility index (Phi) is 7.15. The SMILES string of the molecule is c1ccc([Si](c2ccccc2)(c2ccc3oc4ccccc4c3c2)c2nc(-n3c4ccccc4c4ccccc43)nc(-n3c4ccccc4c4ccccc43)n2)cc1. The van der Waals surface area contributed by atoms with Crippen LogP contribution in [0.4, 0.5) is 0 Å². The molecule has 0 aliphatic heterocycles. The van der Waals surface area contributed by atoms with Crippen molar-refractivity contribution in [2.75, 3.05) is 0 Å². The molecule has 0 unspecified atom stereocenters. The summed E-state index contributed by atoms with van der Waals surface area (Å²) in [6, 6.07) is 70.8. The first-order valence-electron chi connectivity index (χ1n) is 19.5. The van der Waals surface area contributed by atoms with Crippen molar-refractivity contribution < 1.29 is 4.42 Å². The van der Waals surface area contributed by atoms with Crippen LogP contribution in [0, 0.1) is 0 Å². The largest absolute Gasteiger partial charge is 0.456 e. The highest BCUT2D eigenvalue weighted by atomic mass is 28.3. The summed E-state index contributed by atoms with van der Waals surface area (Å²) in [6.07, 6.45) is 0. The molecular weight excluding hydrogens is 727 g/mol. The topological polar surface area (TPSA) is 61.7 Å². The van der Waals surface area contributed by atoms with E-state index in [2.05, 4.69) is 197 Å². The molecule has 4 heterocycles. The van der Waals surface area contributed by atoms with Crippen LogP contribution < -0.4 is 21.0 Å². The van der Waals surface area contributed by atoms with Crippen molar-refractivity contribution in [3.05, 3.63) is 200 Å². The van der Waals surface area contributed by atoms with Crippen molar-refractivity contribution in [3.63, 3.8) is 0 Å². The molecule has 4 aromatic heterocycles. The molecule has 12 rings (SSSR count). The van der Waals surface area contributed by atoms with Gasteiger partial charge in [0.05, 0.1) is 22.1 Å². The molecule has 0 saturated carbocycles. The van der Waals surface area contributed by atoms with Gasteiger partial charge in [-0.15, -0.1) is 0 Å². The number of nitrogens with zero attached hydrogens (tertiary/aromatic N) is 5. The van der Waals surface area contributed by atoms with Gasteiger partial charge in [-0.1, -0.05) is 164 Å². The number of hydrogen-bond donors (Lipinski definition) is 0. The van der Waals surface area contributed by atoms with E-state index in [4.69, 9.17) is 19.4 Å². The van der Waals surface area contributed by atoms with E-state index in [0.29, 0.717) is 11.9 Å². The lowest BCUT2D eigenvalue weighted by Crippen LogP contribution is -2.76. The molecule has 0 aliphatic carbocycles. The van der Waals surface area contributed by atoms with E-state index in [0.717, 1.165) is 76.2 Å². The third-order valence-corrected chi connectivity index (χ3v) is 16.2. The van der Waals surface area contributed by atoms with Crippen molar-refractivity contribution in [1.82, 2.24) is 24.1 Å². The number of rotatable bonds is 6. The molecule has 7 heteroatoms. The first-order valence-corrected chi connectivity index (χ1v) is 21.5. The Morgan fingerprint density at radius 1 is 0.328 bits per heavy atom. The summed E-state index contributed by atoms with van der Waals surface area (Å²) < 4.78 is 10.8. The molecule has 0 amide bonds. The fraction of sp³-hybridized carbons (Fsp3) is 0. The first-order chi connectivity index (χ1) is 28.8. The fourth-order valence-corrected chi connectivity index (χ4v) is 13.6. The zero-order valence-electron chi connectivity index (χ0n) is 31.2. The Bertz CT molecular complexity index is 3250. The molecular formula is C51H33N5OSi. The number of para-hydroxylation sites is 5. The molecule has 0 bridgehead atoms. The summed E-state index contributed by atoms with van der Waals surface area (Å²) in [5.74, 6) is 1.13. The second-order valence-corrected chi connectivity index (χ2v) is 18.5. The lowest BCUT2D eigenvalue weighted by molar-refractivity contribution is 0.669. The first kappa shape index (κ1) is 32.6. The van der Waals surface area contributed by atoms with E-state index >= 15 is 0 Å². The van der Waals surface area contributed by atoms with Gasteiger partial charge in [-0.25, -0.2) is 9.97 Å². The minimum Gasteiger partial charge on any atom is -0.456 e. The molecule has 0 saturated heterocycles. The van der Waals surface area contributed by atoms with Crippen molar-refractivity contribution in [2.24, 2.45) is 0 Å². The second-order valence-electron chi connectivity index (χ2n) is 14.8. The number of aromatic nitrogens is 5. The lowest BCUT2D eigenvalue weighted by Gasteiger charge is -2.32. The van der Waals surface area contributed by atoms with Gasteiger partial charge in [0.2, 0.25) is 20.0 Å². The quantitative estimate of drug-likeness (QED) is 0.125. The molecule has 0 N–H and O–H groups in total. The zero-order chi connectivity index (χ0) is 38.2. The van der Waals surface area contributed by atoms with Gasteiger partial charge in [-0.05, 0) is 52.0 Å². The van der Waals surface area contributed by atoms with E-state index in [1.54, 1.807) is 0 Å². The van der Waals surface area contributed by atoms with Crippen LogP contribution in [-0.4, -0.2) is 32.2 Å². The van der Waals surface area contributed by atoms with E-state index in [1.807, 2.05) is 12.1 Å². The van der Waals surface area contributed by atoms with Crippen LogP contribution in [0.25, 0.3) is 77.4 Å². The molecule has 272 valence electrons. The highest BCUT2D eigenvalue weighted by molar-refractivity contribution is 7.19. The van der Waals surface area contributed by atoms with Crippen LogP contribution in [0.1, 0.15) is 0 Å². The second kappa shape index (κ2) is 12.7. The van der Waals surface area contributed by atoms with Crippen molar-refractivity contribution >= 4 is 94.6 Å². The van der Waals surface area contributed by atoms with Crippen LogP contribution in [-0.2, 0) is 0 Å². The average molecular weight is 760 g/mol. The maximum absolute atomic E-state index is 6.40. The summed E-state index contributed by atoms with van der Waals surface area (Å²) in [6.45, 7) is 0. The Hall–Kier alpha value is -7.61. The minimum absolute atomic E-state index is 0.567. The fourth-order valence-electron chi connectivity index (χ4n) is 9.22. The van der Waals surface area contributed by atoms with E-state index in [-0.39, 0.29) is 0 Å². The van der Waals surface area contributed by atoms with Gasteiger partial charge in [-0.2, -0.15) is 4.98 Å². The third kappa shape index (κ3) is 4.68. The summed E-state index contributed by atoms with van der Waals surface area (Å²) in [5.41, 5.74) is 6.59. The molecule has 0 aliphatic rings. The smallest absolute Gasteiger partial charge is 0.239 e. The molecule has 12 aromatic rings. The van der Waals surface area contributed by atoms with Gasteiger partial charge in [0, 0.05) is 32.3 Å². The lowest BCUT2D eigenvalue weighted by atomic mass is 10.1. The number of furan rings is 1. The number of hydrogen-bond acceptors (Lipinski definition) is 4. The molecule has 8 aromatic carbocycles. The Morgan fingerprint density at radius 2 is 0.724 bits per heavy atom. The monoisotopic (exact) mass is 759 g/mol. The standard InChI is InChI=1S/C51H33N5OSi/c1-3-17-34(18-4-1)58(35-19-5-2-6-20-35,36-31-32-48-42(33-36)41-25-11-16-30-47(41)57-48)51-53-49(55-43-26-12-7-21-37(43)38-22-8-13-27-44(38)55)52-50(54-51)56-45-28-14-9-23-39(45)40-24-10-15-29-46(40)56/h1-33H. The van der Waals surface area contributed by atoms with Crippen LogP contribution in [0.5, 0.6) is 0 Å². The zero-order valence-corrected chi connectivity index (χ0v) is 32.2. The molecule has 0 atom stereocenters. The number of benzene rings is 8. The summed E-state index contributed by atoms with van der Waals surface area (Å²) >= 11 is 0. The molecule has 0 fully saturated rings. The molecule has 0 radical (unpaired) electrons. The van der Waals surface area contributed by atoms with Crippen LogP contribution in [0.2, 0.25) is 0 Å².